The first-order chi connectivity index (χ1) is 15.4. The SMILES string of the molecule is O=C(OCC(=O)N1CCc2ccccc2C1)c1ccc(S(=O)(=O)N2CCCCCC2)cc1. The fraction of sp³-hybridized carbons (Fsp3) is 0.417. The number of hydrogen-bond acceptors (Lipinski definition) is 5. The molecule has 2 heterocycles. The van der Waals surface area contributed by atoms with Gasteiger partial charge in [-0.25, -0.2) is 13.2 Å². The zero-order valence-electron chi connectivity index (χ0n) is 18.0. The van der Waals surface area contributed by atoms with Crippen LogP contribution in [-0.4, -0.2) is 55.7 Å². The average molecular weight is 457 g/mol. The monoisotopic (exact) mass is 456 g/mol. The van der Waals surface area contributed by atoms with Crippen molar-refractivity contribution in [2.75, 3.05) is 26.2 Å². The lowest BCUT2D eigenvalue weighted by atomic mass is 10.00. The van der Waals surface area contributed by atoms with Crippen molar-refractivity contribution < 1.29 is 22.7 Å². The third kappa shape index (κ3) is 5.02. The quantitative estimate of drug-likeness (QED) is 0.646. The van der Waals surface area contributed by atoms with Gasteiger partial charge in [0.25, 0.3) is 5.91 Å². The number of carbonyl (C=O) groups excluding carboxylic acids is 2. The smallest absolute Gasteiger partial charge is 0.338 e. The van der Waals surface area contributed by atoms with Gasteiger partial charge in [0.05, 0.1) is 10.5 Å². The molecular weight excluding hydrogens is 428 g/mol. The largest absolute Gasteiger partial charge is 0.452 e. The third-order valence-corrected chi connectivity index (χ3v) is 8.02. The molecule has 170 valence electrons. The zero-order chi connectivity index (χ0) is 22.6. The van der Waals surface area contributed by atoms with Gasteiger partial charge in [-0.15, -0.1) is 0 Å². The summed E-state index contributed by atoms with van der Waals surface area (Å²) in [4.78, 5) is 26.7. The maximum atomic E-state index is 12.9. The van der Waals surface area contributed by atoms with Gasteiger partial charge in [0.1, 0.15) is 0 Å². The van der Waals surface area contributed by atoms with Crippen molar-refractivity contribution in [3.8, 4) is 0 Å². The molecule has 2 aromatic carbocycles. The van der Waals surface area contributed by atoms with Crippen molar-refractivity contribution >= 4 is 21.9 Å². The van der Waals surface area contributed by atoms with E-state index in [1.54, 1.807) is 4.90 Å². The fourth-order valence-corrected chi connectivity index (χ4v) is 5.72. The van der Waals surface area contributed by atoms with Gasteiger partial charge in [-0.2, -0.15) is 4.31 Å². The highest BCUT2D eigenvalue weighted by molar-refractivity contribution is 7.89. The van der Waals surface area contributed by atoms with Crippen molar-refractivity contribution in [3.05, 3.63) is 65.2 Å². The van der Waals surface area contributed by atoms with Crippen LogP contribution in [0.2, 0.25) is 0 Å². The van der Waals surface area contributed by atoms with E-state index in [4.69, 9.17) is 4.74 Å². The molecule has 7 nitrogen and oxygen atoms in total. The summed E-state index contributed by atoms with van der Waals surface area (Å²) < 4.78 is 32.4. The molecule has 0 N–H and O–H groups in total. The van der Waals surface area contributed by atoms with Crippen LogP contribution in [-0.2, 0) is 32.5 Å². The Morgan fingerprint density at radius 1 is 0.844 bits per heavy atom. The minimum absolute atomic E-state index is 0.166. The standard InChI is InChI=1S/C24H28N2O5S/c27-23(25-16-13-19-7-3-4-8-21(19)17-25)18-31-24(28)20-9-11-22(12-10-20)32(29,30)26-14-5-1-2-6-15-26/h3-4,7-12H,1-2,5-6,13-18H2. The Labute approximate surface area is 189 Å². The lowest BCUT2D eigenvalue weighted by molar-refractivity contribution is -0.135. The van der Waals surface area contributed by atoms with E-state index in [1.807, 2.05) is 18.2 Å². The van der Waals surface area contributed by atoms with Crippen molar-refractivity contribution in [2.45, 2.75) is 43.5 Å². The van der Waals surface area contributed by atoms with Gasteiger partial charge in [-0.1, -0.05) is 37.1 Å². The molecule has 0 spiro atoms. The second kappa shape index (κ2) is 9.83. The second-order valence-corrected chi connectivity index (χ2v) is 10.2. The number of rotatable bonds is 5. The molecule has 0 unspecified atom stereocenters. The maximum absolute atomic E-state index is 12.9. The van der Waals surface area contributed by atoms with Gasteiger partial charge < -0.3 is 9.64 Å². The number of carbonyl (C=O) groups is 2. The van der Waals surface area contributed by atoms with Gasteiger partial charge in [0, 0.05) is 26.2 Å². The minimum Gasteiger partial charge on any atom is -0.452 e. The van der Waals surface area contributed by atoms with E-state index >= 15 is 0 Å². The molecule has 4 rings (SSSR count). The van der Waals surface area contributed by atoms with Crippen molar-refractivity contribution in [3.63, 3.8) is 0 Å². The van der Waals surface area contributed by atoms with E-state index in [9.17, 15) is 18.0 Å². The van der Waals surface area contributed by atoms with Gasteiger partial charge in [0.2, 0.25) is 10.0 Å². The molecule has 0 saturated carbocycles. The number of esters is 1. The number of ether oxygens (including phenoxy) is 1. The van der Waals surface area contributed by atoms with Crippen molar-refractivity contribution in [2.24, 2.45) is 0 Å². The van der Waals surface area contributed by atoms with E-state index in [1.165, 1.54) is 34.1 Å². The van der Waals surface area contributed by atoms with Crippen LogP contribution >= 0.6 is 0 Å². The molecule has 2 aliphatic heterocycles. The van der Waals surface area contributed by atoms with Gasteiger partial charge in [-0.05, 0) is 54.7 Å². The van der Waals surface area contributed by atoms with Crippen molar-refractivity contribution in [1.82, 2.24) is 9.21 Å². The molecular formula is C24H28N2O5S. The first-order valence-electron chi connectivity index (χ1n) is 11.1. The molecule has 1 amide bonds. The molecule has 0 aliphatic carbocycles. The normalized spacial score (nSPS) is 17.3. The molecule has 1 fully saturated rings. The lowest BCUT2D eigenvalue weighted by Crippen LogP contribution is -2.38. The Bertz CT molecular complexity index is 1070. The first kappa shape index (κ1) is 22.5. The van der Waals surface area contributed by atoms with Gasteiger partial charge in [-0.3, -0.25) is 4.79 Å². The van der Waals surface area contributed by atoms with E-state index < -0.39 is 16.0 Å². The van der Waals surface area contributed by atoms with Crippen molar-refractivity contribution in [1.29, 1.82) is 0 Å². The van der Waals surface area contributed by atoms with Crippen LogP contribution in [0, 0.1) is 0 Å². The van der Waals surface area contributed by atoms with E-state index in [-0.39, 0.29) is 23.0 Å². The van der Waals surface area contributed by atoms with Gasteiger partial charge >= 0.3 is 5.97 Å². The summed E-state index contributed by atoms with van der Waals surface area (Å²) >= 11 is 0. The van der Waals surface area contributed by atoms with Crippen LogP contribution in [0.3, 0.4) is 0 Å². The molecule has 32 heavy (non-hydrogen) atoms. The summed E-state index contributed by atoms with van der Waals surface area (Å²) in [5.74, 6) is -0.886. The number of nitrogens with zero attached hydrogens (tertiary/aromatic N) is 2. The van der Waals surface area contributed by atoms with Crippen LogP contribution in [0.5, 0.6) is 0 Å². The molecule has 0 aromatic heterocycles. The molecule has 8 heteroatoms. The number of hydrogen-bond donors (Lipinski definition) is 0. The summed E-state index contributed by atoms with van der Waals surface area (Å²) in [5.41, 5.74) is 2.57. The van der Waals surface area contributed by atoms with E-state index in [0.29, 0.717) is 26.2 Å². The molecule has 2 aliphatic rings. The highest BCUT2D eigenvalue weighted by Crippen LogP contribution is 2.21. The number of amides is 1. The number of sulfonamides is 1. The maximum Gasteiger partial charge on any atom is 0.338 e. The molecule has 0 atom stereocenters. The molecule has 1 saturated heterocycles. The number of benzene rings is 2. The van der Waals surface area contributed by atoms with Crippen LogP contribution in [0.4, 0.5) is 0 Å². The Balaban J connectivity index is 1.33. The van der Waals surface area contributed by atoms with Gasteiger partial charge in [0.15, 0.2) is 6.61 Å². The predicted molar refractivity (Wildman–Crippen MR) is 120 cm³/mol. The van der Waals surface area contributed by atoms with E-state index in [0.717, 1.165) is 37.7 Å². The van der Waals surface area contributed by atoms with Crippen LogP contribution < -0.4 is 0 Å². The molecule has 0 bridgehead atoms. The summed E-state index contributed by atoms with van der Waals surface area (Å²) in [6.07, 6.45) is 4.59. The van der Waals surface area contributed by atoms with E-state index in [2.05, 4.69) is 6.07 Å². The Kier molecular flexibility index (Phi) is 6.91. The lowest BCUT2D eigenvalue weighted by Gasteiger charge is -2.28. The third-order valence-electron chi connectivity index (χ3n) is 6.10. The predicted octanol–water partition coefficient (Wildman–Crippen LogP) is 2.99. The minimum atomic E-state index is -3.57. The fourth-order valence-electron chi connectivity index (χ4n) is 4.20. The highest BCUT2D eigenvalue weighted by atomic mass is 32.2. The summed E-state index contributed by atoms with van der Waals surface area (Å²) in [5, 5.41) is 0. The zero-order valence-corrected chi connectivity index (χ0v) is 18.9. The Hall–Kier alpha value is -2.71. The molecule has 2 aromatic rings. The average Bonchev–Trinajstić information content (AvgIpc) is 3.12. The van der Waals surface area contributed by atoms with Crippen LogP contribution in [0.25, 0.3) is 0 Å². The van der Waals surface area contributed by atoms with Crippen LogP contribution in [0.1, 0.15) is 47.2 Å². The highest BCUT2D eigenvalue weighted by Gasteiger charge is 2.26. The second-order valence-electron chi connectivity index (χ2n) is 8.25. The summed E-state index contributed by atoms with van der Waals surface area (Å²) in [6.45, 7) is 1.81. The number of fused-ring (bicyclic) bond motifs is 1. The van der Waals surface area contributed by atoms with Crippen LogP contribution in [0.15, 0.2) is 53.4 Å². The first-order valence-corrected chi connectivity index (χ1v) is 12.5. The topological polar surface area (TPSA) is 84.0 Å². The summed E-state index contributed by atoms with van der Waals surface area (Å²) in [6, 6.07) is 13.7. The Morgan fingerprint density at radius 2 is 1.50 bits per heavy atom. The Morgan fingerprint density at radius 3 is 2.19 bits per heavy atom. The molecule has 0 radical (unpaired) electrons. The summed E-state index contributed by atoms with van der Waals surface area (Å²) in [7, 11) is -3.57.